The van der Waals surface area contributed by atoms with Gasteiger partial charge in [0.05, 0.1) is 18.0 Å². The Morgan fingerprint density at radius 3 is 2.50 bits per heavy atom. The summed E-state index contributed by atoms with van der Waals surface area (Å²) in [4.78, 5) is 10.8. The van der Waals surface area contributed by atoms with Crippen molar-refractivity contribution in [1.29, 1.82) is 0 Å². The number of alkyl halides is 1. The molecule has 0 atom stereocenters. The van der Waals surface area contributed by atoms with Crippen LogP contribution in [0.25, 0.3) is 0 Å². The van der Waals surface area contributed by atoms with Gasteiger partial charge in [0.2, 0.25) is 10.0 Å². The van der Waals surface area contributed by atoms with E-state index in [1.54, 1.807) is 0 Å². The number of benzene rings is 1. The molecule has 0 aliphatic heterocycles. The molecule has 3 N–H and O–H groups in total. The Balaban J connectivity index is 2.64. The molecule has 0 heterocycles. The number of carbonyl (C=O) groups excluding carboxylic acids is 1. The fourth-order valence-corrected chi connectivity index (χ4v) is 2.33. The molecule has 0 fully saturated rings. The first kappa shape index (κ1) is 16.7. The third-order valence-electron chi connectivity index (χ3n) is 2.23. The lowest BCUT2D eigenvalue weighted by molar-refractivity contribution is -0.127. The second-order valence-electron chi connectivity index (χ2n) is 3.72. The van der Waals surface area contributed by atoms with Crippen LogP contribution in [0.1, 0.15) is 6.42 Å². The van der Waals surface area contributed by atoms with Crippen LogP contribution in [0, 0.1) is 0 Å². The third-order valence-corrected chi connectivity index (χ3v) is 3.91. The summed E-state index contributed by atoms with van der Waals surface area (Å²) < 4.78 is 31.0. The summed E-state index contributed by atoms with van der Waals surface area (Å²) in [6, 6.07) is 5.73. The number of nitrogens with one attached hydrogen (secondary N) is 2. The van der Waals surface area contributed by atoms with E-state index in [4.69, 9.17) is 21.5 Å². The van der Waals surface area contributed by atoms with Crippen LogP contribution >= 0.6 is 11.6 Å². The molecule has 0 aliphatic rings. The summed E-state index contributed by atoms with van der Waals surface area (Å²) in [5.41, 5.74) is 1.33. The molecule has 0 aromatic heterocycles. The number of hydrogen-bond acceptors (Lipinski definition) is 5. The zero-order chi connectivity index (χ0) is 15.0. The fraction of sp³-hybridized carbons (Fsp3) is 0.364. The number of carbonyl (C=O) groups is 1. The largest absolute Gasteiger partial charge is 0.494 e. The van der Waals surface area contributed by atoms with E-state index in [0.717, 1.165) is 0 Å². The normalized spacial score (nSPS) is 11.1. The van der Waals surface area contributed by atoms with E-state index in [1.807, 2.05) is 4.72 Å². The van der Waals surface area contributed by atoms with Gasteiger partial charge in [0, 0.05) is 5.88 Å². The van der Waals surface area contributed by atoms with Gasteiger partial charge < -0.3 is 4.74 Å². The molecule has 0 bridgehead atoms. The Hall–Kier alpha value is -1.35. The van der Waals surface area contributed by atoms with Crippen molar-refractivity contribution in [3.05, 3.63) is 24.3 Å². The number of halogens is 1. The first-order chi connectivity index (χ1) is 9.49. The second kappa shape index (κ2) is 8.05. The topological polar surface area (TPSA) is 105 Å². The van der Waals surface area contributed by atoms with Crippen LogP contribution in [0.4, 0.5) is 0 Å². The van der Waals surface area contributed by atoms with Crippen LogP contribution < -0.4 is 14.9 Å². The van der Waals surface area contributed by atoms with Crippen LogP contribution in [0.3, 0.4) is 0 Å². The molecular formula is C11H15ClN2O5S. The summed E-state index contributed by atoms with van der Waals surface area (Å²) in [6.45, 7) is -0.0999. The molecule has 0 unspecified atom stereocenters. The number of amides is 1. The van der Waals surface area contributed by atoms with Crippen LogP contribution in [-0.4, -0.2) is 38.6 Å². The highest BCUT2D eigenvalue weighted by Crippen LogP contribution is 2.16. The Morgan fingerprint density at radius 1 is 1.30 bits per heavy atom. The lowest BCUT2D eigenvalue weighted by atomic mass is 10.3. The minimum atomic E-state index is -3.81. The first-order valence-electron chi connectivity index (χ1n) is 5.71. The van der Waals surface area contributed by atoms with Crippen LogP contribution in [0.2, 0.25) is 0 Å². The number of sulfonamides is 1. The fourth-order valence-electron chi connectivity index (χ4n) is 1.24. The van der Waals surface area contributed by atoms with E-state index >= 15 is 0 Å². The van der Waals surface area contributed by atoms with Gasteiger partial charge in [-0.15, -0.1) is 11.6 Å². The van der Waals surface area contributed by atoms with E-state index in [2.05, 4.69) is 0 Å². The molecular weight excluding hydrogens is 308 g/mol. The summed E-state index contributed by atoms with van der Waals surface area (Å²) in [7, 11) is -3.81. The van der Waals surface area contributed by atoms with Crippen molar-refractivity contribution < 1.29 is 23.2 Å². The maximum Gasteiger partial charge on any atom is 0.258 e. The molecule has 1 aromatic carbocycles. The van der Waals surface area contributed by atoms with E-state index in [1.165, 1.54) is 29.7 Å². The SMILES string of the molecule is O=C(CNS(=O)(=O)c1ccc(OCCCCl)cc1)NO. The Labute approximate surface area is 121 Å². The Bertz CT molecular complexity index is 532. The van der Waals surface area contributed by atoms with Crippen molar-refractivity contribution in [1.82, 2.24) is 10.2 Å². The Morgan fingerprint density at radius 2 is 1.95 bits per heavy atom. The molecule has 0 radical (unpaired) electrons. The molecule has 0 aliphatic carbocycles. The molecule has 0 saturated heterocycles. The van der Waals surface area contributed by atoms with E-state index < -0.39 is 22.5 Å². The van der Waals surface area contributed by atoms with E-state index in [-0.39, 0.29) is 4.90 Å². The van der Waals surface area contributed by atoms with Crippen molar-refractivity contribution in [2.75, 3.05) is 19.0 Å². The molecule has 9 heteroatoms. The van der Waals surface area contributed by atoms with Crippen LogP contribution in [0.5, 0.6) is 5.75 Å². The minimum Gasteiger partial charge on any atom is -0.494 e. The average molecular weight is 323 g/mol. The highest BCUT2D eigenvalue weighted by molar-refractivity contribution is 7.89. The maximum atomic E-state index is 11.8. The molecule has 1 amide bonds. The monoisotopic (exact) mass is 322 g/mol. The van der Waals surface area contributed by atoms with Crippen molar-refractivity contribution in [3.63, 3.8) is 0 Å². The molecule has 7 nitrogen and oxygen atoms in total. The summed E-state index contributed by atoms with van der Waals surface area (Å²) in [5.74, 6) is 0.167. The molecule has 112 valence electrons. The number of rotatable bonds is 8. The van der Waals surface area contributed by atoms with Gasteiger partial charge >= 0.3 is 0 Å². The van der Waals surface area contributed by atoms with Gasteiger partial charge in [-0.3, -0.25) is 10.0 Å². The lowest BCUT2D eigenvalue weighted by Gasteiger charge is -2.08. The zero-order valence-corrected chi connectivity index (χ0v) is 12.1. The van der Waals surface area contributed by atoms with Crippen molar-refractivity contribution >= 4 is 27.5 Å². The average Bonchev–Trinajstić information content (AvgIpc) is 2.45. The molecule has 0 saturated carbocycles. The number of hydrogen-bond donors (Lipinski definition) is 3. The van der Waals surface area contributed by atoms with Gasteiger partial charge in [-0.1, -0.05) is 0 Å². The van der Waals surface area contributed by atoms with Crippen molar-refractivity contribution in [2.45, 2.75) is 11.3 Å². The van der Waals surface area contributed by atoms with Gasteiger partial charge in [-0.2, -0.15) is 0 Å². The highest BCUT2D eigenvalue weighted by Gasteiger charge is 2.15. The van der Waals surface area contributed by atoms with Crippen LogP contribution in [-0.2, 0) is 14.8 Å². The zero-order valence-electron chi connectivity index (χ0n) is 10.5. The molecule has 1 aromatic rings. The molecule has 1 rings (SSSR count). The third kappa shape index (κ3) is 5.33. The lowest BCUT2D eigenvalue weighted by Crippen LogP contribution is -2.35. The molecule has 20 heavy (non-hydrogen) atoms. The quantitative estimate of drug-likeness (QED) is 0.279. The van der Waals surface area contributed by atoms with Crippen LogP contribution in [0.15, 0.2) is 29.2 Å². The predicted molar refractivity (Wildman–Crippen MR) is 72.4 cm³/mol. The number of ether oxygens (including phenoxy) is 1. The standard InChI is InChI=1S/C11H15ClN2O5S/c12-6-1-7-19-9-2-4-10(5-3-9)20(17,18)13-8-11(15)14-16/h2-5,13,16H,1,6-8H2,(H,14,15). The van der Waals surface area contributed by atoms with Gasteiger partial charge in [0.1, 0.15) is 5.75 Å². The maximum absolute atomic E-state index is 11.8. The van der Waals surface area contributed by atoms with Crippen molar-refractivity contribution in [2.24, 2.45) is 0 Å². The smallest absolute Gasteiger partial charge is 0.258 e. The summed E-state index contributed by atoms with van der Waals surface area (Å²) in [6.07, 6.45) is 0.694. The summed E-state index contributed by atoms with van der Waals surface area (Å²) >= 11 is 5.51. The van der Waals surface area contributed by atoms with Gasteiger partial charge in [0.15, 0.2) is 0 Å². The van der Waals surface area contributed by atoms with Gasteiger partial charge in [-0.05, 0) is 30.7 Å². The number of hydroxylamine groups is 1. The first-order valence-corrected chi connectivity index (χ1v) is 7.73. The predicted octanol–water partition coefficient (Wildman–Crippen LogP) is 0.478. The second-order valence-corrected chi connectivity index (χ2v) is 5.87. The summed E-state index contributed by atoms with van der Waals surface area (Å²) in [5, 5.41) is 8.28. The molecule has 0 spiro atoms. The van der Waals surface area contributed by atoms with E-state index in [0.29, 0.717) is 24.7 Å². The minimum absolute atomic E-state index is 0.00654. The van der Waals surface area contributed by atoms with E-state index in [9.17, 15) is 13.2 Å². The highest BCUT2D eigenvalue weighted by atomic mass is 35.5. The van der Waals surface area contributed by atoms with Gasteiger partial charge in [-0.25, -0.2) is 18.6 Å². The van der Waals surface area contributed by atoms with Gasteiger partial charge in [0.25, 0.3) is 5.91 Å². The van der Waals surface area contributed by atoms with Crippen molar-refractivity contribution in [3.8, 4) is 5.75 Å². The Kier molecular flexibility index (Phi) is 6.73.